The molecule has 3 aromatic heterocycles. The zero-order chi connectivity index (χ0) is 22.6. The average Bonchev–Trinajstić information content (AvgIpc) is 3.29. The third-order valence-electron chi connectivity index (χ3n) is 6.31. The highest BCUT2D eigenvalue weighted by atomic mass is 32.1. The first-order chi connectivity index (χ1) is 16.2. The molecule has 0 N–H and O–H groups in total. The summed E-state index contributed by atoms with van der Waals surface area (Å²) in [5.41, 5.74) is 3.62. The smallest absolute Gasteiger partial charge is 0.141 e. The molecule has 0 amide bonds. The van der Waals surface area contributed by atoms with Gasteiger partial charge in [0.1, 0.15) is 22.7 Å². The predicted octanol–water partition coefficient (Wildman–Crippen LogP) is 5.11. The van der Waals surface area contributed by atoms with Gasteiger partial charge in [-0.1, -0.05) is 18.2 Å². The van der Waals surface area contributed by atoms with E-state index >= 15 is 0 Å². The molecule has 1 aliphatic heterocycles. The number of aromatic nitrogens is 3. The summed E-state index contributed by atoms with van der Waals surface area (Å²) in [4.78, 5) is 19.5. The fourth-order valence-corrected chi connectivity index (χ4v) is 5.71. The number of rotatable bonds is 7. The number of nitrogens with zero attached hydrogens (tertiary/aromatic N) is 5. The van der Waals surface area contributed by atoms with Gasteiger partial charge in [-0.3, -0.25) is 4.98 Å². The fraction of sp³-hybridized carbons (Fsp3) is 0.346. The Morgan fingerprint density at radius 3 is 2.85 bits per heavy atom. The van der Waals surface area contributed by atoms with Crippen LogP contribution in [0.15, 0.2) is 60.5 Å². The highest BCUT2D eigenvalue weighted by Gasteiger charge is 2.25. The Morgan fingerprint density at radius 2 is 2.06 bits per heavy atom. The van der Waals surface area contributed by atoms with Crippen LogP contribution in [0.5, 0.6) is 5.75 Å². The van der Waals surface area contributed by atoms with Crippen molar-refractivity contribution >= 4 is 27.4 Å². The number of benzene rings is 1. The van der Waals surface area contributed by atoms with Crippen molar-refractivity contribution < 1.29 is 4.74 Å². The zero-order valence-corrected chi connectivity index (χ0v) is 20.0. The molecule has 0 spiro atoms. The quantitative estimate of drug-likeness (QED) is 0.383. The third kappa shape index (κ3) is 4.84. The van der Waals surface area contributed by atoms with Gasteiger partial charge >= 0.3 is 0 Å². The van der Waals surface area contributed by atoms with Crippen LogP contribution in [0.3, 0.4) is 0 Å². The molecule has 5 rings (SSSR count). The van der Waals surface area contributed by atoms with Gasteiger partial charge in [0.25, 0.3) is 0 Å². The molecule has 0 saturated carbocycles. The van der Waals surface area contributed by atoms with Gasteiger partial charge in [0.2, 0.25) is 0 Å². The van der Waals surface area contributed by atoms with E-state index in [1.54, 1.807) is 24.8 Å². The topological polar surface area (TPSA) is 54.4 Å². The molecule has 1 aliphatic rings. The Labute approximate surface area is 198 Å². The SMILES string of the molecule is COc1ccc(-c2csc3ncnc(N4CCCC(CN(C)Cc5cccnc5)C4)c23)cc1. The van der Waals surface area contributed by atoms with Gasteiger partial charge in [0, 0.05) is 49.5 Å². The molecule has 1 aromatic carbocycles. The molecule has 0 aliphatic carbocycles. The van der Waals surface area contributed by atoms with Gasteiger partial charge in [-0.25, -0.2) is 9.97 Å². The molecule has 0 radical (unpaired) electrons. The van der Waals surface area contributed by atoms with Gasteiger partial charge in [0.15, 0.2) is 0 Å². The molecule has 170 valence electrons. The second-order valence-electron chi connectivity index (χ2n) is 8.77. The van der Waals surface area contributed by atoms with Gasteiger partial charge in [-0.05, 0) is 55.1 Å². The second-order valence-corrected chi connectivity index (χ2v) is 9.63. The largest absolute Gasteiger partial charge is 0.497 e. The van der Waals surface area contributed by atoms with Crippen molar-refractivity contribution in [1.29, 1.82) is 0 Å². The van der Waals surface area contributed by atoms with E-state index in [9.17, 15) is 0 Å². The van der Waals surface area contributed by atoms with E-state index in [0.29, 0.717) is 5.92 Å². The highest BCUT2D eigenvalue weighted by molar-refractivity contribution is 7.17. The molecule has 0 bridgehead atoms. The van der Waals surface area contributed by atoms with Crippen LogP contribution < -0.4 is 9.64 Å². The molecule has 4 heterocycles. The standard InChI is InChI=1S/C26H29N5OS/c1-30(14-19-5-3-11-27-13-19)15-20-6-4-12-31(16-20)25-24-23(17-33-26(24)29-18-28-25)21-7-9-22(32-2)10-8-21/h3,5,7-11,13,17-18,20H,4,6,12,14-16H2,1-2H3. The van der Waals surface area contributed by atoms with Gasteiger partial charge in [-0.15, -0.1) is 11.3 Å². The Morgan fingerprint density at radius 1 is 1.18 bits per heavy atom. The fourth-order valence-electron chi connectivity index (χ4n) is 4.80. The molecule has 6 nitrogen and oxygen atoms in total. The lowest BCUT2D eigenvalue weighted by atomic mass is 9.96. The Balaban J connectivity index is 1.36. The first kappa shape index (κ1) is 21.8. The van der Waals surface area contributed by atoms with Gasteiger partial charge < -0.3 is 14.5 Å². The number of thiophene rings is 1. The van der Waals surface area contributed by atoms with Crippen molar-refractivity contribution in [2.75, 3.05) is 38.7 Å². The number of piperidine rings is 1. The summed E-state index contributed by atoms with van der Waals surface area (Å²) in [6.45, 7) is 4.04. The lowest BCUT2D eigenvalue weighted by Crippen LogP contribution is -2.40. The summed E-state index contributed by atoms with van der Waals surface area (Å²) in [6, 6.07) is 12.4. The van der Waals surface area contributed by atoms with E-state index in [1.807, 2.05) is 30.6 Å². The molecular formula is C26H29N5OS. The molecule has 33 heavy (non-hydrogen) atoms. The molecule has 7 heteroatoms. The summed E-state index contributed by atoms with van der Waals surface area (Å²) in [5.74, 6) is 2.53. The van der Waals surface area contributed by atoms with E-state index in [0.717, 1.165) is 48.0 Å². The number of hydrogen-bond donors (Lipinski definition) is 0. The van der Waals surface area contributed by atoms with Crippen LogP contribution in [-0.4, -0.2) is 53.6 Å². The molecule has 1 unspecified atom stereocenters. The molecule has 1 fully saturated rings. The van der Waals surface area contributed by atoms with Crippen LogP contribution >= 0.6 is 11.3 Å². The normalized spacial score (nSPS) is 16.5. The van der Waals surface area contributed by atoms with Gasteiger partial charge in [-0.2, -0.15) is 0 Å². The monoisotopic (exact) mass is 459 g/mol. The van der Waals surface area contributed by atoms with E-state index in [4.69, 9.17) is 9.72 Å². The van der Waals surface area contributed by atoms with Crippen LogP contribution in [0.2, 0.25) is 0 Å². The number of fused-ring (bicyclic) bond motifs is 1. The maximum absolute atomic E-state index is 5.34. The van der Waals surface area contributed by atoms with Crippen LogP contribution in [0.25, 0.3) is 21.3 Å². The number of hydrogen-bond acceptors (Lipinski definition) is 7. The van der Waals surface area contributed by atoms with Crippen LogP contribution in [0.4, 0.5) is 5.82 Å². The molecular weight excluding hydrogens is 430 g/mol. The molecule has 1 atom stereocenters. The van der Waals surface area contributed by atoms with E-state index < -0.39 is 0 Å². The van der Waals surface area contributed by atoms with Crippen LogP contribution in [0, 0.1) is 5.92 Å². The molecule has 4 aromatic rings. The lowest BCUT2D eigenvalue weighted by Gasteiger charge is -2.35. The summed E-state index contributed by atoms with van der Waals surface area (Å²) in [7, 11) is 3.90. The minimum absolute atomic E-state index is 0.605. The summed E-state index contributed by atoms with van der Waals surface area (Å²) in [5, 5.41) is 3.37. The van der Waals surface area contributed by atoms with Crippen molar-refractivity contribution in [3.05, 3.63) is 66.1 Å². The van der Waals surface area contributed by atoms with Crippen molar-refractivity contribution in [2.45, 2.75) is 19.4 Å². The van der Waals surface area contributed by atoms with Crippen molar-refractivity contribution in [1.82, 2.24) is 19.9 Å². The van der Waals surface area contributed by atoms with Crippen molar-refractivity contribution in [3.63, 3.8) is 0 Å². The Kier molecular flexibility index (Phi) is 6.51. The number of pyridine rings is 1. The molecule has 1 saturated heterocycles. The second kappa shape index (κ2) is 9.85. The zero-order valence-electron chi connectivity index (χ0n) is 19.1. The number of ether oxygens (including phenoxy) is 1. The predicted molar refractivity (Wildman–Crippen MR) is 135 cm³/mol. The van der Waals surface area contributed by atoms with Crippen LogP contribution in [0.1, 0.15) is 18.4 Å². The Hall–Kier alpha value is -3.03. The number of methoxy groups -OCH3 is 1. The summed E-state index contributed by atoms with van der Waals surface area (Å²) in [6.07, 6.45) is 7.92. The van der Waals surface area contributed by atoms with E-state index in [2.05, 4.69) is 50.4 Å². The summed E-state index contributed by atoms with van der Waals surface area (Å²) < 4.78 is 5.34. The average molecular weight is 460 g/mol. The summed E-state index contributed by atoms with van der Waals surface area (Å²) >= 11 is 1.69. The lowest BCUT2D eigenvalue weighted by molar-refractivity contribution is 0.247. The van der Waals surface area contributed by atoms with Crippen molar-refractivity contribution in [3.8, 4) is 16.9 Å². The maximum atomic E-state index is 5.34. The third-order valence-corrected chi connectivity index (χ3v) is 7.20. The first-order valence-electron chi connectivity index (χ1n) is 11.4. The number of anilines is 1. The Bertz CT molecular complexity index is 1190. The highest BCUT2D eigenvalue weighted by Crippen LogP contribution is 2.39. The van der Waals surface area contributed by atoms with Crippen molar-refractivity contribution in [2.24, 2.45) is 5.92 Å². The minimum Gasteiger partial charge on any atom is -0.497 e. The van der Waals surface area contributed by atoms with E-state index in [1.165, 1.54) is 29.5 Å². The van der Waals surface area contributed by atoms with E-state index in [-0.39, 0.29) is 0 Å². The van der Waals surface area contributed by atoms with Crippen LogP contribution in [-0.2, 0) is 6.54 Å². The maximum Gasteiger partial charge on any atom is 0.141 e. The van der Waals surface area contributed by atoms with Gasteiger partial charge in [0.05, 0.1) is 12.5 Å². The first-order valence-corrected chi connectivity index (χ1v) is 12.3. The minimum atomic E-state index is 0.605.